The van der Waals surface area contributed by atoms with Crippen LogP contribution in [0.3, 0.4) is 0 Å². The molecule has 6 heteroatoms. The Morgan fingerprint density at radius 2 is 1.35 bits per heavy atom. The smallest absolute Gasteiger partial charge is 0.225 e. The molecule has 0 aliphatic carbocycles. The van der Waals surface area contributed by atoms with Crippen molar-refractivity contribution in [2.45, 2.75) is 84.1 Å². The molecule has 0 radical (unpaired) electrons. The number of unbranched alkanes of at least 4 members (excludes halogenated alkanes) is 4. The molecule has 0 N–H and O–H groups in total. The predicted molar refractivity (Wildman–Crippen MR) is 126 cm³/mol. The monoisotopic (exact) mass is 434 g/mol. The molecule has 31 heavy (non-hydrogen) atoms. The molecule has 0 aromatic carbocycles. The Morgan fingerprint density at radius 1 is 0.710 bits per heavy atom. The lowest BCUT2D eigenvalue weighted by molar-refractivity contribution is -0.139. The van der Waals surface area contributed by atoms with E-state index in [4.69, 9.17) is 0 Å². The number of amides is 2. The summed E-state index contributed by atoms with van der Waals surface area (Å²) >= 11 is 0. The highest BCUT2D eigenvalue weighted by atomic mass is 16.2. The SMILES string of the molecule is CCCCCCCC(=O)N1CCC(N2CCC(C(=O)N3CCN(CC)CC3)CC2)CC1. The van der Waals surface area contributed by atoms with Gasteiger partial charge in [0, 0.05) is 57.6 Å². The third-order valence-corrected chi connectivity index (χ3v) is 7.84. The zero-order valence-electron chi connectivity index (χ0n) is 20.2. The van der Waals surface area contributed by atoms with Gasteiger partial charge in [0.15, 0.2) is 0 Å². The highest BCUT2D eigenvalue weighted by Crippen LogP contribution is 2.26. The standard InChI is InChI=1S/C25H46N4O2/c1-3-5-6-7-8-9-24(30)28-16-12-23(13-17-28)27-14-10-22(11-15-27)25(31)29-20-18-26(4-2)19-21-29/h22-23H,3-21H2,1-2H3. The van der Waals surface area contributed by atoms with Crippen LogP contribution < -0.4 is 0 Å². The van der Waals surface area contributed by atoms with E-state index in [1.165, 1.54) is 25.7 Å². The van der Waals surface area contributed by atoms with E-state index < -0.39 is 0 Å². The van der Waals surface area contributed by atoms with Gasteiger partial charge in [0.25, 0.3) is 0 Å². The number of hydrogen-bond acceptors (Lipinski definition) is 4. The molecule has 0 unspecified atom stereocenters. The Bertz CT molecular complexity index is 546. The molecule has 0 aromatic rings. The second-order valence-corrected chi connectivity index (χ2v) is 9.85. The number of carbonyl (C=O) groups excluding carboxylic acids is 2. The summed E-state index contributed by atoms with van der Waals surface area (Å²) in [5.74, 6) is 0.982. The molecule has 2 amide bonds. The lowest BCUT2D eigenvalue weighted by atomic mass is 9.92. The molecule has 0 spiro atoms. The van der Waals surface area contributed by atoms with Gasteiger partial charge in [0.05, 0.1) is 0 Å². The van der Waals surface area contributed by atoms with Crippen LogP contribution in [-0.4, -0.2) is 96.4 Å². The van der Waals surface area contributed by atoms with Crippen molar-refractivity contribution in [1.82, 2.24) is 19.6 Å². The number of likely N-dealkylation sites (N-methyl/N-ethyl adjacent to an activating group) is 1. The average Bonchev–Trinajstić information content (AvgIpc) is 2.83. The topological polar surface area (TPSA) is 47.1 Å². The van der Waals surface area contributed by atoms with Gasteiger partial charge in [0.1, 0.15) is 0 Å². The Morgan fingerprint density at radius 3 is 1.97 bits per heavy atom. The summed E-state index contributed by atoms with van der Waals surface area (Å²) in [5, 5.41) is 0. The molecule has 3 heterocycles. The fourth-order valence-electron chi connectivity index (χ4n) is 5.57. The zero-order valence-corrected chi connectivity index (χ0v) is 20.2. The normalized spacial score (nSPS) is 22.8. The number of piperidine rings is 2. The molecule has 0 bridgehead atoms. The van der Waals surface area contributed by atoms with Gasteiger partial charge in [-0.3, -0.25) is 9.59 Å². The molecule has 6 nitrogen and oxygen atoms in total. The lowest BCUT2D eigenvalue weighted by Gasteiger charge is -2.43. The molecule has 3 rings (SSSR count). The molecule has 3 saturated heterocycles. The summed E-state index contributed by atoms with van der Waals surface area (Å²) in [6, 6.07) is 0.595. The van der Waals surface area contributed by atoms with Crippen LogP contribution in [0.4, 0.5) is 0 Å². The van der Waals surface area contributed by atoms with Gasteiger partial charge in [-0.2, -0.15) is 0 Å². The first kappa shape index (κ1) is 24.5. The van der Waals surface area contributed by atoms with Crippen molar-refractivity contribution in [3.8, 4) is 0 Å². The van der Waals surface area contributed by atoms with Crippen LogP contribution in [0, 0.1) is 5.92 Å². The van der Waals surface area contributed by atoms with Crippen LogP contribution in [0.1, 0.15) is 78.1 Å². The van der Waals surface area contributed by atoms with E-state index in [1.807, 2.05) is 0 Å². The summed E-state index contributed by atoms with van der Waals surface area (Å²) in [4.78, 5) is 34.7. The van der Waals surface area contributed by atoms with Crippen molar-refractivity contribution in [3.05, 3.63) is 0 Å². The molecule has 178 valence electrons. The maximum absolute atomic E-state index is 12.9. The van der Waals surface area contributed by atoms with Gasteiger partial charge < -0.3 is 19.6 Å². The summed E-state index contributed by atoms with van der Waals surface area (Å²) in [6.07, 6.45) is 11.0. The van der Waals surface area contributed by atoms with E-state index in [9.17, 15) is 9.59 Å². The van der Waals surface area contributed by atoms with E-state index in [0.29, 0.717) is 17.9 Å². The van der Waals surface area contributed by atoms with Gasteiger partial charge in [-0.05, 0) is 51.7 Å². The Kier molecular flexibility index (Phi) is 10.1. The van der Waals surface area contributed by atoms with Crippen molar-refractivity contribution in [2.75, 3.05) is 58.9 Å². The fourth-order valence-corrected chi connectivity index (χ4v) is 5.57. The number of rotatable bonds is 9. The number of likely N-dealkylation sites (tertiary alicyclic amines) is 2. The Labute approximate surface area is 190 Å². The predicted octanol–water partition coefficient (Wildman–Crippen LogP) is 3.21. The molecule has 0 aromatic heterocycles. The van der Waals surface area contributed by atoms with Crippen molar-refractivity contribution >= 4 is 11.8 Å². The van der Waals surface area contributed by atoms with Crippen LogP contribution in [0.25, 0.3) is 0 Å². The highest BCUT2D eigenvalue weighted by molar-refractivity contribution is 5.79. The molecular weight excluding hydrogens is 388 g/mol. The molecule has 0 saturated carbocycles. The lowest BCUT2D eigenvalue weighted by Crippen LogP contribution is -2.53. The van der Waals surface area contributed by atoms with E-state index in [-0.39, 0.29) is 5.92 Å². The molecule has 3 aliphatic heterocycles. The third kappa shape index (κ3) is 7.18. The second kappa shape index (κ2) is 12.8. The minimum Gasteiger partial charge on any atom is -0.343 e. The van der Waals surface area contributed by atoms with E-state index in [0.717, 1.165) is 97.4 Å². The van der Waals surface area contributed by atoms with Crippen LogP contribution in [-0.2, 0) is 9.59 Å². The van der Waals surface area contributed by atoms with Crippen molar-refractivity contribution in [2.24, 2.45) is 5.92 Å². The van der Waals surface area contributed by atoms with Crippen LogP contribution >= 0.6 is 0 Å². The second-order valence-electron chi connectivity index (χ2n) is 9.85. The average molecular weight is 435 g/mol. The fraction of sp³-hybridized carbons (Fsp3) is 0.920. The summed E-state index contributed by atoms with van der Waals surface area (Å²) in [5.41, 5.74) is 0. The Balaban J connectivity index is 1.32. The minimum atomic E-state index is 0.221. The van der Waals surface area contributed by atoms with Crippen LogP contribution in [0.5, 0.6) is 0 Å². The summed E-state index contributed by atoms with van der Waals surface area (Å²) < 4.78 is 0. The van der Waals surface area contributed by atoms with Crippen molar-refractivity contribution in [3.63, 3.8) is 0 Å². The minimum absolute atomic E-state index is 0.221. The van der Waals surface area contributed by atoms with Gasteiger partial charge in [-0.1, -0.05) is 39.5 Å². The number of hydrogen-bond donors (Lipinski definition) is 0. The third-order valence-electron chi connectivity index (χ3n) is 7.84. The first-order valence-electron chi connectivity index (χ1n) is 13.1. The maximum atomic E-state index is 12.9. The molecular formula is C25H46N4O2. The first-order chi connectivity index (χ1) is 15.1. The maximum Gasteiger partial charge on any atom is 0.225 e. The van der Waals surface area contributed by atoms with Gasteiger partial charge in [-0.15, -0.1) is 0 Å². The number of carbonyl (C=O) groups is 2. The summed E-state index contributed by atoms with van der Waals surface area (Å²) in [6.45, 7) is 13.3. The van der Waals surface area contributed by atoms with Gasteiger partial charge in [-0.25, -0.2) is 0 Å². The van der Waals surface area contributed by atoms with E-state index in [1.54, 1.807) is 0 Å². The quantitative estimate of drug-likeness (QED) is 0.523. The van der Waals surface area contributed by atoms with Crippen molar-refractivity contribution < 1.29 is 9.59 Å². The largest absolute Gasteiger partial charge is 0.343 e. The van der Waals surface area contributed by atoms with E-state index in [2.05, 4.69) is 33.4 Å². The Hall–Kier alpha value is -1.14. The number of piperazine rings is 1. The molecule has 0 atom stereocenters. The molecule has 3 aliphatic rings. The number of nitrogens with zero attached hydrogens (tertiary/aromatic N) is 4. The first-order valence-corrected chi connectivity index (χ1v) is 13.1. The van der Waals surface area contributed by atoms with Crippen molar-refractivity contribution in [1.29, 1.82) is 0 Å². The highest BCUT2D eigenvalue weighted by Gasteiger charge is 2.33. The van der Waals surface area contributed by atoms with Gasteiger partial charge in [0.2, 0.25) is 11.8 Å². The van der Waals surface area contributed by atoms with Crippen LogP contribution in [0.2, 0.25) is 0 Å². The molecule has 3 fully saturated rings. The van der Waals surface area contributed by atoms with E-state index >= 15 is 0 Å². The summed E-state index contributed by atoms with van der Waals surface area (Å²) in [7, 11) is 0. The van der Waals surface area contributed by atoms with Gasteiger partial charge >= 0.3 is 0 Å². The van der Waals surface area contributed by atoms with Crippen LogP contribution in [0.15, 0.2) is 0 Å². The zero-order chi connectivity index (χ0) is 22.1.